The molecule has 0 aromatic heterocycles. The second-order valence-electron chi connectivity index (χ2n) is 9.01. The first kappa shape index (κ1) is 22.1. The number of piperidine rings is 1. The molecule has 5 rings (SSSR count). The van der Waals surface area contributed by atoms with Crippen molar-refractivity contribution in [3.8, 4) is 5.75 Å². The van der Waals surface area contributed by atoms with Crippen molar-refractivity contribution in [1.82, 2.24) is 10.2 Å². The molecule has 5 heteroatoms. The minimum absolute atomic E-state index is 0.568. The fraction of sp³-hybridized carbons (Fsp3) is 0.357. The number of ether oxygens (including phenoxy) is 1. The SMILES string of the molecule is COc1ccc(CCN2CCC(N3CCc4ccc(Cl)c(C5=CC=CC=CN5)c43)CC2)cc1. The van der Waals surface area contributed by atoms with Crippen molar-refractivity contribution in [2.45, 2.75) is 31.7 Å². The maximum atomic E-state index is 6.77. The van der Waals surface area contributed by atoms with Crippen LogP contribution in [0.1, 0.15) is 29.5 Å². The topological polar surface area (TPSA) is 27.7 Å². The number of anilines is 1. The molecule has 4 nitrogen and oxygen atoms in total. The van der Waals surface area contributed by atoms with Crippen LogP contribution in [0, 0.1) is 0 Å². The van der Waals surface area contributed by atoms with Crippen molar-refractivity contribution in [1.29, 1.82) is 0 Å². The van der Waals surface area contributed by atoms with Crippen LogP contribution >= 0.6 is 11.6 Å². The Morgan fingerprint density at radius 3 is 2.61 bits per heavy atom. The zero-order chi connectivity index (χ0) is 22.6. The van der Waals surface area contributed by atoms with Crippen LogP contribution in [0.5, 0.6) is 5.75 Å². The molecule has 1 N–H and O–H groups in total. The molecule has 1 fully saturated rings. The number of nitrogens with zero attached hydrogens (tertiary/aromatic N) is 2. The highest BCUT2D eigenvalue weighted by atomic mass is 35.5. The van der Waals surface area contributed by atoms with Gasteiger partial charge in [-0.15, -0.1) is 0 Å². The third-order valence-electron chi connectivity index (χ3n) is 7.08. The summed E-state index contributed by atoms with van der Waals surface area (Å²) in [6, 6.07) is 13.3. The highest BCUT2D eigenvalue weighted by molar-refractivity contribution is 6.33. The second kappa shape index (κ2) is 10.1. The number of likely N-dealkylation sites (tertiary alicyclic amines) is 1. The number of nitrogens with one attached hydrogen (secondary N) is 1. The van der Waals surface area contributed by atoms with E-state index in [1.165, 1.54) is 29.7 Å². The van der Waals surface area contributed by atoms with Crippen molar-refractivity contribution in [3.05, 3.63) is 88.6 Å². The summed E-state index contributed by atoms with van der Waals surface area (Å²) in [4.78, 5) is 5.25. The van der Waals surface area contributed by atoms with Gasteiger partial charge in [0.15, 0.2) is 0 Å². The Labute approximate surface area is 202 Å². The first-order valence-corrected chi connectivity index (χ1v) is 12.3. The molecule has 3 aliphatic rings. The maximum absolute atomic E-state index is 6.77. The van der Waals surface area contributed by atoms with Crippen molar-refractivity contribution in [2.24, 2.45) is 0 Å². The van der Waals surface area contributed by atoms with E-state index in [9.17, 15) is 0 Å². The van der Waals surface area contributed by atoms with Gasteiger partial charge in [0, 0.05) is 49.7 Å². The van der Waals surface area contributed by atoms with Gasteiger partial charge in [0.25, 0.3) is 0 Å². The predicted molar refractivity (Wildman–Crippen MR) is 138 cm³/mol. The summed E-state index contributed by atoms with van der Waals surface area (Å²) in [6.07, 6.45) is 14.8. The summed E-state index contributed by atoms with van der Waals surface area (Å²) in [5.41, 5.74) is 6.34. The Balaban J connectivity index is 1.25. The van der Waals surface area contributed by atoms with Gasteiger partial charge < -0.3 is 19.9 Å². The van der Waals surface area contributed by atoms with E-state index in [0.29, 0.717) is 6.04 Å². The van der Waals surface area contributed by atoms with Crippen LogP contribution < -0.4 is 15.0 Å². The van der Waals surface area contributed by atoms with E-state index in [2.05, 4.69) is 63.7 Å². The molecule has 3 heterocycles. The molecule has 2 aromatic rings. The smallest absolute Gasteiger partial charge is 0.118 e. The minimum Gasteiger partial charge on any atom is -0.497 e. The van der Waals surface area contributed by atoms with Gasteiger partial charge in [-0.1, -0.05) is 42.0 Å². The minimum atomic E-state index is 0.568. The van der Waals surface area contributed by atoms with Gasteiger partial charge in [0.1, 0.15) is 5.75 Å². The molecular weight excluding hydrogens is 430 g/mol. The summed E-state index contributed by atoms with van der Waals surface area (Å²) in [6.45, 7) is 4.49. The van der Waals surface area contributed by atoms with Crippen LogP contribution in [0.2, 0.25) is 5.02 Å². The van der Waals surface area contributed by atoms with Gasteiger partial charge in [-0.2, -0.15) is 0 Å². The second-order valence-corrected chi connectivity index (χ2v) is 9.42. The molecule has 2 aromatic carbocycles. The van der Waals surface area contributed by atoms with Crippen LogP contribution in [-0.4, -0.2) is 44.2 Å². The van der Waals surface area contributed by atoms with E-state index in [-0.39, 0.29) is 0 Å². The predicted octanol–water partition coefficient (Wildman–Crippen LogP) is 5.43. The van der Waals surface area contributed by atoms with E-state index >= 15 is 0 Å². The average Bonchev–Trinajstić information content (AvgIpc) is 3.09. The molecule has 0 amide bonds. The zero-order valence-electron chi connectivity index (χ0n) is 19.3. The zero-order valence-corrected chi connectivity index (χ0v) is 20.0. The van der Waals surface area contributed by atoms with Crippen LogP contribution in [0.25, 0.3) is 5.70 Å². The lowest BCUT2D eigenvalue weighted by atomic mass is 9.99. The van der Waals surface area contributed by atoms with E-state index in [1.54, 1.807) is 7.11 Å². The number of hydrogen-bond acceptors (Lipinski definition) is 4. The number of benzene rings is 2. The Kier molecular flexibility index (Phi) is 6.75. The van der Waals surface area contributed by atoms with Crippen LogP contribution in [0.3, 0.4) is 0 Å². The summed E-state index contributed by atoms with van der Waals surface area (Å²) in [5.74, 6) is 0.923. The van der Waals surface area contributed by atoms with Crippen LogP contribution in [-0.2, 0) is 12.8 Å². The van der Waals surface area contributed by atoms with Crippen LogP contribution in [0.4, 0.5) is 5.69 Å². The quantitative estimate of drug-likeness (QED) is 0.620. The van der Waals surface area contributed by atoms with Crippen molar-refractivity contribution < 1.29 is 4.74 Å². The van der Waals surface area contributed by atoms with Gasteiger partial charge in [0.05, 0.1) is 17.8 Å². The third kappa shape index (κ3) is 4.83. The molecule has 33 heavy (non-hydrogen) atoms. The maximum Gasteiger partial charge on any atom is 0.118 e. The van der Waals surface area contributed by atoms with E-state index < -0.39 is 0 Å². The summed E-state index contributed by atoms with van der Waals surface area (Å²) >= 11 is 6.77. The van der Waals surface area contributed by atoms with E-state index in [0.717, 1.165) is 61.1 Å². The summed E-state index contributed by atoms with van der Waals surface area (Å²) < 4.78 is 5.27. The number of halogens is 1. The fourth-order valence-corrected chi connectivity index (χ4v) is 5.51. The Morgan fingerprint density at radius 1 is 1.00 bits per heavy atom. The molecule has 0 bridgehead atoms. The Hall–Kier alpha value is -2.69. The fourth-order valence-electron chi connectivity index (χ4n) is 5.26. The lowest BCUT2D eigenvalue weighted by molar-refractivity contribution is 0.212. The number of allylic oxidation sites excluding steroid dienone is 4. The number of fused-ring (bicyclic) bond motifs is 1. The molecule has 0 radical (unpaired) electrons. The van der Waals surface area contributed by atoms with Gasteiger partial charge in [-0.3, -0.25) is 0 Å². The molecule has 0 atom stereocenters. The molecule has 0 aliphatic carbocycles. The lowest BCUT2D eigenvalue weighted by Gasteiger charge is -2.39. The molecular formula is C28H32ClN3O. The molecule has 1 saturated heterocycles. The molecule has 0 unspecified atom stereocenters. The normalized spacial score (nSPS) is 18.6. The van der Waals surface area contributed by atoms with E-state index in [4.69, 9.17) is 16.3 Å². The number of hydrogen-bond donors (Lipinski definition) is 1. The lowest BCUT2D eigenvalue weighted by Crippen LogP contribution is -2.45. The average molecular weight is 462 g/mol. The van der Waals surface area contributed by atoms with Crippen LogP contribution in [0.15, 0.2) is 66.9 Å². The molecule has 172 valence electrons. The number of rotatable bonds is 6. The largest absolute Gasteiger partial charge is 0.497 e. The standard InChI is InChI=1S/C28H32ClN3O/c1-33-24-9-6-21(7-10-24)12-17-31-18-14-23(15-19-31)32-20-13-22-8-11-25(29)27(28(22)32)26-5-3-2-4-16-30-26/h2-11,16,23,30H,12-15,17-20H2,1H3. The van der Waals surface area contributed by atoms with Crippen molar-refractivity contribution in [2.75, 3.05) is 38.2 Å². The summed E-state index contributed by atoms with van der Waals surface area (Å²) in [5, 5.41) is 4.25. The van der Waals surface area contributed by atoms with Gasteiger partial charge in [0.2, 0.25) is 0 Å². The molecule has 0 spiro atoms. The first-order chi connectivity index (χ1) is 16.2. The Morgan fingerprint density at radius 2 is 1.82 bits per heavy atom. The van der Waals surface area contributed by atoms with Crippen molar-refractivity contribution in [3.63, 3.8) is 0 Å². The van der Waals surface area contributed by atoms with Gasteiger partial charge in [-0.05, 0) is 67.2 Å². The highest BCUT2D eigenvalue weighted by Crippen LogP contribution is 2.42. The number of methoxy groups -OCH3 is 1. The highest BCUT2D eigenvalue weighted by Gasteiger charge is 2.32. The Bertz CT molecular complexity index is 1070. The third-order valence-corrected chi connectivity index (χ3v) is 7.40. The monoisotopic (exact) mass is 461 g/mol. The first-order valence-electron chi connectivity index (χ1n) is 12.0. The van der Waals surface area contributed by atoms with E-state index in [1.807, 2.05) is 18.4 Å². The van der Waals surface area contributed by atoms with Crippen molar-refractivity contribution >= 4 is 23.0 Å². The van der Waals surface area contributed by atoms with Gasteiger partial charge >= 0.3 is 0 Å². The molecule has 0 saturated carbocycles. The van der Waals surface area contributed by atoms with Gasteiger partial charge in [-0.25, -0.2) is 0 Å². The molecule has 3 aliphatic heterocycles. The summed E-state index contributed by atoms with van der Waals surface area (Å²) in [7, 11) is 1.72.